The number of nitrogens with one attached hydrogen (secondary N) is 2. The summed E-state index contributed by atoms with van der Waals surface area (Å²) in [5.41, 5.74) is 2.34. The number of ether oxygens (including phenoxy) is 1. The Morgan fingerprint density at radius 3 is 2.97 bits per heavy atom. The average molecular weight is 398 g/mol. The minimum Gasteiger partial charge on any atom is -0.374 e. The number of rotatable bonds is 8. The van der Waals surface area contributed by atoms with Gasteiger partial charge < -0.3 is 15.4 Å². The maximum atomic E-state index is 5.93. The van der Waals surface area contributed by atoms with E-state index in [1.54, 1.807) is 0 Å². The minimum atomic E-state index is 0.167. The molecule has 29 heavy (non-hydrogen) atoms. The number of aromatic nitrogens is 1. The Labute approximate surface area is 174 Å². The Morgan fingerprint density at radius 2 is 2.14 bits per heavy atom. The van der Waals surface area contributed by atoms with Gasteiger partial charge >= 0.3 is 0 Å². The Kier molecular flexibility index (Phi) is 8.25. The van der Waals surface area contributed by atoms with Crippen molar-refractivity contribution in [2.75, 3.05) is 45.9 Å². The van der Waals surface area contributed by atoms with Crippen molar-refractivity contribution in [1.82, 2.24) is 20.5 Å². The minimum absolute atomic E-state index is 0.167. The van der Waals surface area contributed by atoms with E-state index >= 15 is 0 Å². The second-order valence-electron chi connectivity index (χ2n) is 8.03. The Morgan fingerprint density at radius 1 is 1.28 bits per heavy atom. The number of benzene rings is 1. The third kappa shape index (κ3) is 6.68. The van der Waals surface area contributed by atoms with E-state index in [-0.39, 0.29) is 6.10 Å². The zero-order valence-corrected chi connectivity index (χ0v) is 18.0. The van der Waals surface area contributed by atoms with Gasteiger partial charge in [-0.25, -0.2) is 0 Å². The van der Waals surface area contributed by atoms with Crippen molar-refractivity contribution in [3.63, 3.8) is 0 Å². The zero-order chi connectivity index (χ0) is 20.5. The van der Waals surface area contributed by atoms with Crippen molar-refractivity contribution in [2.24, 2.45) is 10.9 Å². The molecule has 1 saturated heterocycles. The van der Waals surface area contributed by atoms with Crippen molar-refractivity contribution < 1.29 is 4.74 Å². The summed E-state index contributed by atoms with van der Waals surface area (Å²) in [5, 5.41) is 7.99. The van der Waals surface area contributed by atoms with Crippen molar-refractivity contribution in [1.29, 1.82) is 0 Å². The van der Waals surface area contributed by atoms with Gasteiger partial charge in [-0.05, 0) is 30.9 Å². The predicted molar refractivity (Wildman–Crippen MR) is 120 cm³/mol. The summed E-state index contributed by atoms with van der Waals surface area (Å²) in [6.45, 7) is 12.9. The summed E-state index contributed by atoms with van der Waals surface area (Å²) in [7, 11) is 0. The molecule has 1 aromatic heterocycles. The highest BCUT2D eigenvalue weighted by Crippen LogP contribution is 2.16. The van der Waals surface area contributed by atoms with Crippen molar-refractivity contribution in [3.05, 3.63) is 42.1 Å². The molecule has 0 bridgehead atoms. The van der Waals surface area contributed by atoms with Crippen LogP contribution in [0.3, 0.4) is 0 Å². The fourth-order valence-electron chi connectivity index (χ4n) is 3.79. The summed E-state index contributed by atoms with van der Waals surface area (Å²) >= 11 is 0. The van der Waals surface area contributed by atoms with Gasteiger partial charge in [0.1, 0.15) is 0 Å². The summed E-state index contributed by atoms with van der Waals surface area (Å²) in [4.78, 5) is 11.8. The summed E-state index contributed by atoms with van der Waals surface area (Å²) < 4.78 is 5.93. The van der Waals surface area contributed by atoms with Gasteiger partial charge in [0, 0.05) is 44.3 Å². The van der Waals surface area contributed by atoms with Crippen LogP contribution in [-0.4, -0.2) is 67.8 Å². The van der Waals surface area contributed by atoms with Gasteiger partial charge in [0.05, 0.1) is 24.8 Å². The van der Waals surface area contributed by atoms with Crippen LogP contribution in [0.1, 0.15) is 26.3 Å². The maximum Gasteiger partial charge on any atom is 0.191 e. The summed E-state index contributed by atoms with van der Waals surface area (Å²) in [6, 6.07) is 10.5. The van der Waals surface area contributed by atoms with E-state index in [1.165, 1.54) is 10.9 Å². The quantitative estimate of drug-likeness (QED) is 0.530. The molecule has 1 unspecified atom stereocenters. The summed E-state index contributed by atoms with van der Waals surface area (Å²) in [5.74, 6) is 1.53. The first-order chi connectivity index (χ1) is 14.2. The van der Waals surface area contributed by atoms with E-state index in [4.69, 9.17) is 9.73 Å². The lowest BCUT2D eigenvalue weighted by Crippen LogP contribution is -2.46. The van der Waals surface area contributed by atoms with Gasteiger partial charge in [0.2, 0.25) is 0 Å². The third-order valence-corrected chi connectivity index (χ3v) is 5.05. The number of para-hydroxylation sites is 1. The molecule has 2 N–H and O–H groups in total. The van der Waals surface area contributed by atoms with Gasteiger partial charge in [-0.1, -0.05) is 38.1 Å². The van der Waals surface area contributed by atoms with E-state index < -0.39 is 0 Å². The lowest BCUT2D eigenvalue weighted by molar-refractivity contribution is -0.0261. The molecule has 1 aliphatic heterocycles. The van der Waals surface area contributed by atoms with E-state index in [0.29, 0.717) is 12.5 Å². The first-order valence-electron chi connectivity index (χ1n) is 10.8. The van der Waals surface area contributed by atoms with Gasteiger partial charge in [-0.3, -0.25) is 14.9 Å². The highest BCUT2D eigenvalue weighted by atomic mass is 16.5. The topological polar surface area (TPSA) is 61.8 Å². The van der Waals surface area contributed by atoms with Crippen LogP contribution in [0, 0.1) is 5.92 Å². The molecule has 1 aliphatic rings. The largest absolute Gasteiger partial charge is 0.374 e. The summed E-state index contributed by atoms with van der Waals surface area (Å²) in [6.07, 6.45) is 2.93. The van der Waals surface area contributed by atoms with Gasteiger partial charge in [-0.15, -0.1) is 0 Å². The van der Waals surface area contributed by atoms with Gasteiger partial charge in [-0.2, -0.15) is 0 Å². The molecule has 3 rings (SSSR count). The molecule has 1 fully saturated rings. The van der Waals surface area contributed by atoms with Crippen molar-refractivity contribution >= 4 is 16.9 Å². The molecule has 0 amide bonds. The molecule has 0 radical (unpaired) electrons. The fraction of sp³-hybridized carbons (Fsp3) is 0.565. The lowest BCUT2D eigenvalue weighted by Gasteiger charge is -2.33. The molecule has 1 atom stereocenters. The Balaban J connectivity index is 1.52. The van der Waals surface area contributed by atoms with E-state index in [0.717, 1.165) is 57.2 Å². The average Bonchev–Trinajstić information content (AvgIpc) is 2.72. The standard InChI is InChI=1S/C23H35N5O/c1-4-24-23(27-15-21-17-28(13-14-29-21)16-18(2)3)26-12-10-20-8-5-7-19-9-6-11-25-22(19)20/h5-9,11,18,21H,4,10,12-17H2,1-3H3,(H2,24,26,27). The van der Waals surface area contributed by atoms with Crippen LogP contribution >= 0.6 is 0 Å². The van der Waals surface area contributed by atoms with Crippen LogP contribution in [0.2, 0.25) is 0 Å². The molecule has 6 heteroatoms. The van der Waals surface area contributed by atoms with Crippen molar-refractivity contribution in [2.45, 2.75) is 33.3 Å². The molecule has 6 nitrogen and oxygen atoms in total. The number of aliphatic imine (C=N–C) groups is 1. The number of guanidine groups is 1. The smallest absolute Gasteiger partial charge is 0.191 e. The van der Waals surface area contributed by atoms with Crippen LogP contribution < -0.4 is 10.6 Å². The van der Waals surface area contributed by atoms with Crippen LogP contribution in [0.15, 0.2) is 41.5 Å². The number of hydrogen-bond acceptors (Lipinski definition) is 4. The first-order valence-corrected chi connectivity index (χ1v) is 10.8. The normalized spacial score (nSPS) is 18.3. The first kappa shape index (κ1) is 21.5. The Bertz CT molecular complexity index is 786. The highest BCUT2D eigenvalue weighted by molar-refractivity contribution is 5.82. The van der Waals surface area contributed by atoms with E-state index in [9.17, 15) is 0 Å². The van der Waals surface area contributed by atoms with Crippen molar-refractivity contribution in [3.8, 4) is 0 Å². The molecule has 0 saturated carbocycles. The number of nitrogens with zero attached hydrogens (tertiary/aromatic N) is 3. The molecular formula is C23H35N5O. The number of morpholine rings is 1. The Hall–Kier alpha value is -2.18. The zero-order valence-electron chi connectivity index (χ0n) is 18.0. The van der Waals surface area contributed by atoms with Gasteiger partial charge in [0.15, 0.2) is 5.96 Å². The maximum absolute atomic E-state index is 5.93. The molecule has 0 spiro atoms. The van der Waals surface area contributed by atoms with Gasteiger partial charge in [0.25, 0.3) is 0 Å². The molecule has 2 heterocycles. The number of fused-ring (bicyclic) bond motifs is 1. The second-order valence-corrected chi connectivity index (χ2v) is 8.03. The molecule has 158 valence electrons. The second kappa shape index (κ2) is 11.1. The lowest BCUT2D eigenvalue weighted by atomic mass is 10.1. The highest BCUT2D eigenvalue weighted by Gasteiger charge is 2.20. The van der Waals surface area contributed by atoms with Crippen LogP contribution in [0.4, 0.5) is 0 Å². The SMILES string of the molecule is CCNC(=NCC1CN(CC(C)C)CCO1)NCCc1cccc2cccnc12. The molecule has 2 aromatic rings. The third-order valence-electron chi connectivity index (χ3n) is 5.05. The number of pyridine rings is 1. The van der Waals surface area contributed by atoms with E-state index in [1.807, 2.05) is 12.3 Å². The molecule has 1 aromatic carbocycles. The molecule has 0 aliphatic carbocycles. The monoisotopic (exact) mass is 397 g/mol. The molecular weight excluding hydrogens is 362 g/mol. The van der Waals surface area contributed by atoms with Crippen LogP contribution in [0.5, 0.6) is 0 Å². The fourth-order valence-corrected chi connectivity index (χ4v) is 3.79. The predicted octanol–water partition coefficient (Wildman–Crippen LogP) is 2.69. The van der Waals surface area contributed by atoms with Crippen LogP contribution in [-0.2, 0) is 11.2 Å². The number of hydrogen-bond donors (Lipinski definition) is 2. The van der Waals surface area contributed by atoms with E-state index in [2.05, 4.69) is 65.6 Å². The van der Waals surface area contributed by atoms with Crippen LogP contribution in [0.25, 0.3) is 10.9 Å².